The highest BCUT2D eigenvalue weighted by Crippen LogP contribution is 2.38. The molecule has 0 saturated carbocycles. The maximum absolute atomic E-state index is 14.2. The Bertz CT molecular complexity index is 1470. The second-order valence-electron chi connectivity index (χ2n) is 10.6. The molecule has 38 heavy (non-hydrogen) atoms. The third kappa shape index (κ3) is 4.67. The Labute approximate surface area is 224 Å². The van der Waals surface area contributed by atoms with Crippen molar-refractivity contribution < 1.29 is 13.2 Å². The zero-order chi connectivity index (χ0) is 27.2. The lowest BCUT2D eigenvalue weighted by atomic mass is 9.86. The predicted octanol–water partition coefficient (Wildman–Crippen LogP) is 1.92. The van der Waals surface area contributed by atoms with Crippen LogP contribution in [0, 0.1) is 6.92 Å². The highest BCUT2D eigenvalue weighted by Gasteiger charge is 2.47. The zero-order valence-corrected chi connectivity index (χ0v) is 23.3. The molecule has 0 spiro atoms. The molecular weight excluding hydrogens is 502 g/mol. The van der Waals surface area contributed by atoms with Crippen molar-refractivity contribution in [1.82, 2.24) is 24.8 Å². The van der Waals surface area contributed by atoms with Crippen LogP contribution >= 0.6 is 0 Å². The van der Waals surface area contributed by atoms with Gasteiger partial charge in [-0.15, -0.1) is 0 Å². The second kappa shape index (κ2) is 9.94. The first-order valence-electron chi connectivity index (χ1n) is 13.2. The van der Waals surface area contributed by atoms with Gasteiger partial charge in [0.25, 0.3) is 0 Å². The first-order valence-corrected chi connectivity index (χ1v) is 15.1. The van der Waals surface area contributed by atoms with E-state index in [0.29, 0.717) is 17.9 Å². The van der Waals surface area contributed by atoms with E-state index in [1.165, 1.54) is 0 Å². The van der Waals surface area contributed by atoms with Gasteiger partial charge in [0.2, 0.25) is 5.91 Å². The minimum Gasteiger partial charge on any atom is -0.355 e. The number of fused-ring (bicyclic) bond motifs is 2. The molecule has 0 bridgehead atoms. The van der Waals surface area contributed by atoms with Gasteiger partial charge in [0.05, 0.1) is 17.5 Å². The maximum Gasteiger partial charge on any atom is 0.247 e. The summed E-state index contributed by atoms with van der Waals surface area (Å²) >= 11 is 0. The summed E-state index contributed by atoms with van der Waals surface area (Å²) in [6.07, 6.45) is 3.08. The molecule has 2 aliphatic heterocycles. The summed E-state index contributed by atoms with van der Waals surface area (Å²) in [5, 5.41) is 8.14. The van der Waals surface area contributed by atoms with Gasteiger partial charge in [0.15, 0.2) is 5.65 Å². The summed E-state index contributed by atoms with van der Waals surface area (Å²) in [4.78, 5) is 22.9. The van der Waals surface area contributed by atoms with Gasteiger partial charge in [-0.2, -0.15) is 5.10 Å². The third-order valence-corrected chi connectivity index (χ3v) is 9.83. The van der Waals surface area contributed by atoms with Crippen molar-refractivity contribution in [2.24, 2.45) is 5.73 Å². The average Bonchev–Trinajstić information content (AvgIpc) is 3.62. The second-order valence-corrected chi connectivity index (χ2v) is 13.1. The Morgan fingerprint density at radius 3 is 2.82 bits per heavy atom. The average molecular weight is 540 g/mol. The topological polar surface area (TPSA) is 126 Å². The number of hydrogen-bond acceptors (Lipinski definition) is 8. The lowest BCUT2D eigenvalue weighted by molar-refractivity contribution is -0.139. The number of nitrogens with zero attached hydrogens (tertiary/aromatic N) is 5. The summed E-state index contributed by atoms with van der Waals surface area (Å²) in [6.45, 7) is 7.76. The molecule has 204 valence electrons. The number of anilines is 1. The molecule has 0 radical (unpaired) electrons. The number of carbonyl (C=O) groups excluding carboxylic acids is 1. The summed E-state index contributed by atoms with van der Waals surface area (Å²) in [5.41, 5.74) is 9.29. The summed E-state index contributed by atoms with van der Waals surface area (Å²) in [6, 6.07) is 9.45. The predicted molar refractivity (Wildman–Crippen MR) is 148 cm³/mol. The van der Waals surface area contributed by atoms with E-state index in [1.54, 1.807) is 23.4 Å². The van der Waals surface area contributed by atoms with Gasteiger partial charge in [-0.3, -0.25) is 10.1 Å². The fourth-order valence-electron chi connectivity index (χ4n) is 5.60. The number of sulfone groups is 1. The number of rotatable bonds is 8. The van der Waals surface area contributed by atoms with E-state index >= 15 is 0 Å². The number of aryl methyl sites for hydroxylation is 1. The van der Waals surface area contributed by atoms with Gasteiger partial charge in [0.1, 0.15) is 21.2 Å². The highest BCUT2D eigenvalue weighted by molar-refractivity contribution is 7.91. The smallest absolute Gasteiger partial charge is 0.247 e. The normalized spacial score (nSPS) is 22.1. The van der Waals surface area contributed by atoms with Crippen molar-refractivity contribution in [2.75, 3.05) is 36.5 Å². The fourth-order valence-corrected chi connectivity index (χ4v) is 6.51. The molecule has 11 heteroatoms. The van der Waals surface area contributed by atoms with Crippen LogP contribution in [0.3, 0.4) is 0 Å². The number of amides is 1. The molecule has 2 aromatic heterocycles. The molecule has 1 amide bonds. The lowest BCUT2D eigenvalue weighted by Crippen LogP contribution is -2.53. The van der Waals surface area contributed by atoms with Crippen LogP contribution in [-0.2, 0) is 26.7 Å². The molecule has 3 atom stereocenters. The maximum atomic E-state index is 14.2. The molecular formula is C27H37N7O3S. The number of nitrogens with two attached hydrogens (primary N) is 1. The first-order chi connectivity index (χ1) is 18.0. The van der Waals surface area contributed by atoms with Crippen LogP contribution in [0.15, 0.2) is 36.5 Å². The van der Waals surface area contributed by atoms with E-state index in [0.717, 1.165) is 42.0 Å². The largest absolute Gasteiger partial charge is 0.355 e. The number of nitrogens with one attached hydrogen (secondary N) is 1. The van der Waals surface area contributed by atoms with Crippen molar-refractivity contribution in [2.45, 2.75) is 57.8 Å². The Morgan fingerprint density at radius 2 is 2.11 bits per heavy atom. The van der Waals surface area contributed by atoms with Gasteiger partial charge < -0.3 is 15.5 Å². The van der Waals surface area contributed by atoms with Crippen molar-refractivity contribution in [3.05, 3.63) is 58.9 Å². The van der Waals surface area contributed by atoms with Gasteiger partial charge in [-0.25, -0.2) is 17.9 Å². The molecule has 1 unspecified atom stereocenters. The van der Waals surface area contributed by atoms with Crippen LogP contribution in [-0.4, -0.2) is 71.5 Å². The third-order valence-electron chi connectivity index (χ3n) is 8.13. The monoisotopic (exact) mass is 539 g/mol. The standard InChI is InChI=1S/C27H37N7O3S/c1-5-38(36,37)13-11-27(22-9-7-6-8-20(22)15-29-27)26(35)32(4)19(3)23-14-24-30-25(18(2)16-34(24)31-23)33-12-10-21(28)17-33/h6-9,14,16,19,21,29H,5,10-13,15,17,28H2,1-4H3/t19-,21-,27?/m0/s1. The molecule has 2 aliphatic rings. The summed E-state index contributed by atoms with van der Waals surface area (Å²) in [5.74, 6) is 0.717. The van der Waals surface area contributed by atoms with Crippen LogP contribution in [0.4, 0.5) is 5.82 Å². The number of carbonyl (C=O) groups is 1. The molecule has 1 saturated heterocycles. The van der Waals surface area contributed by atoms with Crippen molar-refractivity contribution in [1.29, 1.82) is 0 Å². The van der Waals surface area contributed by atoms with Gasteiger partial charge >= 0.3 is 0 Å². The highest BCUT2D eigenvalue weighted by atomic mass is 32.2. The summed E-state index contributed by atoms with van der Waals surface area (Å²) in [7, 11) is -1.51. The molecule has 1 fully saturated rings. The van der Waals surface area contributed by atoms with Crippen LogP contribution in [0.25, 0.3) is 5.65 Å². The Kier molecular flexibility index (Phi) is 6.95. The number of aromatic nitrogens is 3. The molecule has 5 rings (SSSR count). The number of hydrogen-bond donors (Lipinski definition) is 2. The minimum absolute atomic E-state index is 0.0458. The van der Waals surface area contributed by atoms with Crippen molar-refractivity contribution in [3.8, 4) is 0 Å². The number of benzene rings is 1. The van der Waals surface area contributed by atoms with Crippen LogP contribution in [0.5, 0.6) is 0 Å². The van der Waals surface area contributed by atoms with E-state index in [9.17, 15) is 13.2 Å². The van der Waals surface area contributed by atoms with Crippen LogP contribution < -0.4 is 16.0 Å². The zero-order valence-electron chi connectivity index (χ0n) is 22.5. The van der Waals surface area contributed by atoms with Crippen molar-refractivity contribution in [3.63, 3.8) is 0 Å². The Morgan fingerprint density at radius 1 is 1.34 bits per heavy atom. The Hall–Kier alpha value is -3.02. The quantitative estimate of drug-likeness (QED) is 0.445. The van der Waals surface area contributed by atoms with E-state index in [4.69, 9.17) is 15.8 Å². The number of likely N-dealkylation sites (N-methyl/N-ethyl adjacent to an activating group) is 1. The lowest BCUT2D eigenvalue weighted by Gasteiger charge is -2.36. The Balaban J connectivity index is 1.45. The van der Waals surface area contributed by atoms with E-state index in [-0.39, 0.29) is 35.9 Å². The molecule has 4 heterocycles. The molecule has 10 nitrogen and oxygen atoms in total. The minimum atomic E-state index is -3.26. The van der Waals surface area contributed by atoms with Gasteiger partial charge in [0, 0.05) is 56.3 Å². The van der Waals surface area contributed by atoms with Gasteiger partial charge in [-0.1, -0.05) is 31.2 Å². The van der Waals surface area contributed by atoms with Gasteiger partial charge in [-0.05, 0) is 37.8 Å². The van der Waals surface area contributed by atoms with Crippen molar-refractivity contribution >= 4 is 27.2 Å². The molecule has 0 aliphatic carbocycles. The molecule has 1 aromatic carbocycles. The van der Waals surface area contributed by atoms with E-state index in [1.807, 2.05) is 50.4 Å². The molecule has 3 N–H and O–H groups in total. The molecule has 3 aromatic rings. The van der Waals surface area contributed by atoms with Crippen LogP contribution in [0.2, 0.25) is 0 Å². The first kappa shape index (κ1) is 26.6. The summed E-state index contributed by atoms with van der Waals surface area (Å²) < 4.78 is 26.6. The SMILES string of the molecule is CCS(=O)(=O)CCC1(C(=O)N(C)[C@@H](C)c2cc3nc(N4CC[C@H](N)C4)c(C)cn3n2)NCc2ccccc21. The van der Waals surface area contributed by atoms with E-state index in [2.05, 4.69) is 10.2 Å². The van der Waals surface area contributed by atoms with E-state index < -0.39 is 15.4 Å². The fraction of sp³-hybridized carbons (Fsp3) is 0.519. The van der Waals surface area contributed by atoms with Crippen LogP contribution in [0.1, 0.15) is 55.1 Å².